The Morgan fingerprint density at radius 1 is 1.15 bits per heavy atom. The van der Waals surface area contributed by atoms with E-state index in [1.54, 1.807) is 0 Å². The van der Waals surface area contributed by atoms with E-state index in [0.29, 0.717) is 18.0 Å². The highest BCUT2D eigenvalue weighted by atomic mass is 32.1. The number of hydrogen-bond donors (Lipinski definition) is 2. The van der Waals surface area contributed by atoms with Gasteiger partial charge in [0.05, 0.1) is 9.88 Å². The van der Waals surface area contributed by atoms with Gasteiger partial charge >= 0.3 is 0 Å². The number of thiophene rings is 1. The Morgan fingerprint density at radius 2 is 2.00 bits per heavy atom. The standard InChI is InChI=1S/C20H19N3O2S/c24-19(12-5-6-12)22-18-8-7-17(26-18)20(25)23-10-9-16-14(11-23)13-3-1-2-4-15(13)21-16/h1-4,7-8,12,21H,5-6,9-11H2,(H,22,24). The Hall–Kier alpha value is -2.60. The SMILES string of the molecule is O=C(Nc1ccc(C(=O)N2CCc3[nH]c4ccccc4c3C2)s1)C1CC1. The van der Waals surface area contributed by atoms with Gasteiger partial charge in [-0.05, 0) is 31.0 Å². The maximum atomic E-state index is 12.9. The molecule has 0 bridgehead atoms. The van der Waals surface area contributed by atoms with E-state index < -0.39 is 0 Å². The lowest BCUT2D eigenvalue weighted by Gasteiger charge is -2.26. The first kappa shape index (κ1) is 15.6. The Labute approximate surface area is 155 Å². The van der Waals surface area contributed by atoms with Crippen LogP contribution in [0.5, 0.6) is 0 Å². The van der Waals surface area contributed by atoms with Gasteiger partial charge in [-0.3, -0.25) is 9.59 Å². The number of nitrogens with one attached hydrogen (secondary N) is 2. The number of carbonyl (C=O) groups excluding carboxylic acids is 2. The summed E-state index contributed by atoms with van der Waals surface area (Å²) in [5.41, 5.74) is 3.59. The molecular formula is C20H19N3O2S. The van der Waals surface area contributed by atoms with E-state index in [-0.39, 0.29) is 17.7 Å². The van der Waals surface area contributed by atoms with Crippen molar-refractivity contribution in [1.82, 2.24) is 9.88 Å². The lowest BCUT2D eigenvalue weighted by Crippen LogP contribution is -2.35. The number of nitrogens with zero attached hydrogens (tertiary/aromatic N) is 1. The molecule has 1 aliphatic heterocycles. The molecule has 2 aliphatic rings. The molecule has 0 atom stereocenters. The summed E-state index contributed by atoms with van der Waals surface area (Å²) >= 11 is 1.36. The number of carbonyl (C=O) groups is 2. The van der Waals surface area contributed by atoms with Gasteiger partial charge in [0.15, 0.2) is 0 Å². The summed E-state index contributed by atoms with van der Waals surface area (Å²) in [7, 11) is 0. The fourth-order valence-electron chi connectivity index (χ4n) is 3.58. The molecule has 0 spiro atoms. The topological polar surface area (TPSA) is 65.2 Å². The Balaban J connectivity index is 1.35. The molecule has 5 nitrogen and oxygen atoms in total. The number of para-hydroxylation sites is 1. The van der Waals surface area contributed by atoms with Crippen LogP contribution >= 0.6 is 11.3 Å². The van der Waals surface area contributed by atoms with Gasteiger partial charge in [0.25, 0.3) is 5.91 Å². The molecule has 2 aromatic heterocycles. The second kappa shape index (κ2) is 5.99. The second-order valence-corrected chi connectivity index (χ2v) is 8.12. The van der Waals surface area contributed by atoms with E-state index in [0.717, 1.165) is 29.8 Å². The van der Waals surface area contributed by atoms with E-state index in [2.05, 4.69) is 22.4 Å². The molecule has 6 heteroatoms. The van der Waals surface area contributed by atoms with Crippen molar-refractivity contribution in [2.45, 2.75) is 25.8 Å². The van der Waals surface area contributed by atoms with Crippen LogP contribution in [0.1, 0.15) is 33.8 Å². The van der Waals surface area contributed by atoms with E-state index in [1.165, 1.54) is 28.0 Å². The fourth-order valence-corrected chi connectivity index (χ4v) is 4.46. The van der Waals surface area contributed by atoms with Crippen LogP contribution in [-0.2, 0) is 17.8 Å². The molecule has 3 aromatic rings. The quantitative estimate of drug-likeness (QED) is 0.742. The number of amides is 2. The third kappa shape index (κ3) is 2.70. The normalized spacial score (nSPS) is 16.5. The van der Waals surface area contributed by atoms with Crippen LogP contribution in [0.15, 0.2) is 36.4 Å². The zero-order valence-corrected chi connectivity index (χ0v) is 15.1. The average molecular weight is 365 g/mol. The number of aromatic nitrogens is 1. The number of aromatic amines is 1. The summed E-state index contributed by atoms with van der Waals surface area (Å²) in [4.78, 5) is 30.9. The summed E-state index contributed by atoms with van der Waals surface area (Å²) in [6.45, 7) is 1.33. The molecule has 0 saturated heterocycles. The van der Waals surface area contributed by atoms with Gasteiger partial charge in [-0.15, -0.1) is 11.3 Å². The molecular weight excluding hydrogens is 346 g/mol. The number of rotatable bonds is 3. The lowest BCUT2D eigenvalue weighted by atomic mass is 10.0. The van der Waals surface area contributed by atoms with Crippen molar-refractivity contribution in [2.24, 2.45) is 5.92 Å². The van der Waals surface area contributed by atoms with Gasteiger partial charge in [-0.2, -0.15) is 0 Å². The fraction of sp³-hybridized carbons (Fsp3) is 0.300. The maximum absolute atomic E-state index is 12.9. The molecule has 5 rings (SSSR count). The minimum absolute atomic E-state index is 0.0397. The summed E-state index contributed by atoms with van der Waals surface area (Å²) in [5.74, 6) is 0.281. The van der Waals surface area contributed by atoms with E-state index in [4.69, 9.17) is 0 Å². The van der Waals surface area contributed by atoms with Crippen LogP contribution in [0.25, 0.3) is 10.9 Å². The highest BCUT2D eigenvalue weighted by Gasteiger charge is 2.30. The predicted octanol–water partition coefficient (Wildman–Crippen LogP) is 3.78. The largest absolute Gasteiger partial charge is 0.358 e. The molecule has 1 fully saturated rings. The van der Waals surface area contributed by atoms with E-state index in [1.807, 2.05) is 29.2 Å². The van der Waals surface area contributed by atoms with E-state index in [9.17, 15) is 9.59 Å². The van der Waals surface area contributed by atoms with Crippen LogP contribution in [0.4, 0.5) is 5.00 Å². The van der Waals surface area contributed by atoms with Crippen molar-refractivity contribution in [2.75, 3.05) is 11.9 Å². The zero-order valence-electron chi connectivity index (χ0n) is 14.2. The predicted molar refractivity (Wildman–Crippen MR) is 102 cm³/mol. The van der Waals surface area contributed by atoms with Crippen LogP contribution in [0, 0.1) is 5.92 Å². The van der Waals surface area contributed by atoms with Crippen molar-refractivity contribution in [3.8, 4) is 0 Å². The van der Waals surface area contributed by atoms with Crippen LogP contribution in [-0.4, -0.2) is 28.2 Å². The summed E-state index contributed by atoms with van der Waals surface area (Å²) in [6, 6.07) is 11.9. The number of hydrogen-bond acceptors (Lipinski definition) is 3. The van der Waals surface area contributed by atoms with E-state index >= 15 is 0 Å². The van der Waals surface area contributed by atoms with Crippen molar-refractivity contribution in [3.05, 3.63) is 52.5 Å². The molecule has 0 radical (unpaired) electrons. The minimum Gasteiger partial charge on any atom is -0.358 e. The van der Waals surface area contributed by atoms with Gasteiger partial charge < -0.3 is 15.2 Å². The molecule has 1 aromatic carbocycles. The second-order valence-electron chi connectivity index (χ2n) is 7.03. The zero-order chi connectivity index (χ0) is 17.7. The Kier molecular flexibility index (Phi) is 3.60. The number of H-pyrrole nitrogens is 1. The molecule has 1 saturated carbocycles. The first-order chi connectivity index (χ1) is 12.7. The van der Waals surface area contributed by atoms with Crippen molar-refractivity contribution < 1.29 is 9.59 Å². The van der Waals surface area contributed by atoms with Gasteiger partial charge in [0.2, 0.25) is 5.91 Å². The Morgan fingerprint density at radius 3 is 2.85 bits per heavy atom. The maximum Gasteiger partial charge on any atom is 0.264 e. The lowest BCUT2D eigenvalue weighted by molar-refractivity contribution is -0.117. The summed E-state index contributed by atoms with van der Waals surface area (Å²) < 4.78 is 0. The first-order valence-electron chi connectivity index (χ1n) is 8.97. The highest BCUT2D eigenvalue weighted by Crippen LogP contribution is 2.33. The molecule has 2 N–H and O–H groups in total. The number of benzene rings is 1. The van der Waals surface area contributed by atoms with Crippen molar-refractivity contribution in [3.63, 3.8) is 0 Å². The Bertz CT molecular complexity index is 1020. The molecule has 2 amide bonds. The van der Waals surface area contributed by atoms with Gasteiger partial charge in [0, 0.05) is 47.6 Å². The third-order valence-corrected chi connectivity index (χ3v) is 6.17. The smallest absolute Gasteiger partial charge is 0.264 e. The molecule has 3 heterocycles. The molecule has 132 valence electrons. The monoisotopic (exact) mass is 365 g/mol. The van der Waals surface area contributed by atoms with Gasteiger partial charge in [0.1, 0.15) is 0 Å². The summed E-state index contributed by atoms with van der Waals surface area (Å²) in [6.07, 6.45) is 2.79. The molecule has 0 unspecified atom stereocenters. The number of anilines is 1. The average Bonchev–Trinajstić information content (AvgIpc) is 3.31. The van der Waals surface area contributed by atoms with Crippen LogP contribution in [0.2, 0.25) is 0 Å². The van der Waals surface area contributed by atoms with Crippen LogP contribution in [0.3, 0.4) is 0 Å². The first-order valence-corrected chi connectivity index (χ1v) is 9.79. The highest BCUT2D eigenvalue weighted by molar-refractivity contribution is 7.18. The summed E-state index contributed by atoms with van der Waals surface area (Å²) in [5, 5.41) is 4.88. The third-order valence-electron chi connectivity index (χ3n) is 5.18. The van der Waals surface area contributed by atoms with Crippen LogP contribution < -0.4 is 5.32 Å². The van der Waals surface area contributed by atoms with Crippen molar-refractivity contribution >= 4 is 39.1 Å². The molecule has 1 aliphatic carbocycles. The molecule has 26 heavy (non-hydrogen) atoms. The van der Waals surface area contributed by atoms with Gasteiger partial charge in [-0.25, -0.2) is 0 Å². The number of fused-ring (bicyclic) bond motifs is 3. The van der Waals surface area contributed by atoms with Crippen molar-refractivity contribution in [1.29, 1.82) is 0 Å². The van der Waals surface area contributed by atoms with Gasteiger partial charge in [-0.1, -0.05) is 18.2 Å². The minimum atomic E-state index is 0.0397.